The summed E-state index contributed by atoms with van der Waals surface area (Å²) in [5.74, 6) is 0.881. The lowest BCUT2D eigenvalue weighted by Crippen LogP contribution is -2.18. The zero-order chi connectivity index (χ0) is 18.6. The van der Waals surface area contributed by atoms with Gasteiger partial charge in [-0.25, -0.2) is 0 Å². The van der Waals surface area contributed by atoms with Gasteiger partial charge in [0.2, 0.25) is 5.91 Å². The highest BCUT2D eigenvalue weighted by Gasteiger charge is 2.15. The van der Waals surface area contributed by atoms with Gasteiger partial charge in [-0.3, -0.25) is 4.79 Å². The first-order valence-corrected chi connectivity index (χ1v) is 9.83. The molecule has 0 aliphatic carbocycles. The lowest BCUT2D eigenvalue weighted by Gasteiger charge is -2.19. The zero-order valence-electron chi connectivity index (χ0n) is 15.0. The van der Waals surface area contributed by atoms with E-state index in [0.717, 1.165) is 24.3 Å². The number of nitrogens with zero attached hydrogens (tertiary/aromatic N) is 3. The fourth-order valence-electron chi connectivity index (χ4n) is 3.04. The SMILES string of the molecule is Cc1cc(N2CCCC2)ccc1NC(=O)CSc1nnc(-c2ccco2)o1. The maximum atomic E-state index is 12.3. The molecule has 1 aliphatic rings. The molecule has 1 N–H and O–H groups in total. The Balaban J connectivity index is 1.33. The Labute approximate surface area is 161 Å². The molecule has 0 spiro atoms. The minimum atomic E-state index is -0.116. The minimum Gasteiger partial charge on any atom is -0.459 e. The summed E-state index contributed by atoms with van der Waals surface area (Å²) >= 11 is 1.19. The molecule has 3 aromatic rings. The van der Waals surface area contributed by atoms with Gasteiger partial charge in [-0.1, -0.05) is 11.8 Å². The third-order valence-electron chi connectivity index (χ3n) is 4.42. The molecule has 8 heteroatoms. The van der Waals surface area contributed by atoms with Gasteiger partial charge in [-0.2, -0.15) is 0 Å². The summed E-state index contributed by atoms with van der Waals surface area (Å²) in [5.41, 5.74) is 3.09. The number of rotatable bonds is 6. The first-order valence-electron chi connectivity index (χ1n) is 8.85. The van der Waals surface area contributed by atoms with Crippen molar-refractivity contribution in [3.63, 3.8) is 0 Å². The number of nitrogens with one attached hydrogen (secondary N) is 1. The van der Waals surface area contributed by atoms with Crippen LogP contribution in [0.15, 0.2) is 50.7 Å². The zero-order valence-corrected chi connectivity index (χ0v) is 15.8. The predicted octanol–water partition coefficient (Wildman–Crippen LogP) is 3.97. The number of hydrogen-bond acceptors (Lipinski definition) is 7. The third-order valence-corrected chi connectivity index (χ3v) is 5.24. The number of aryl methyl sites for hydroxylation is 1. The number of aromatic nitrogens is 2. The first kappa shape index (κ1) is 17.7. The number of thioether (sulfide) groups is 1. The topological polar surface area (TPSA) is 84.4 Å². The first-order chi connectivity index (χ1) is 13.2. The van der Waals surface area contributed by atoms with Crippen molar-refractivity contribution in [3.05, 3.63) is 42.2 Å². The second kappa shape index (κ2) is 7.87. The van der Waals surface area contributed by atoms with Crippen LogP contribution in [0.5, 0.6) is 0 Å². The average Bonchev–Trinajstić information content (AvgIpc) is 3.42. The molecule has 0 bridgehead atoms. The molecule has 27 heavy (non-hydrogen) atoms. The number of benzene rings is 1. The van der Waals surface area contributed by atoms with Crippen molar-refractivity contribution in [1.29, 1.82) is 0 Å². The molecule has 1 saturated heterocycles. The number of hydrogen-bond donors (Lipinski definition) is 1. The fraction of sp³-hybridized carbons (Fsp3) is 0.316. The number of furan rings is 1. The van der Waals surface area contributed by atoms with Gasteiger partial charge >= 0.3 is 0 Å². The van der Waals surface area contributed by atoms with Crippen molar-refractivity contribution < 1.29 is 13.6 Å². The number of anilines is 2. The second-order valence-electron chi connectivity index (χ2n) is 6.38. The molecule has 1 aliphatic heterocycles. The van der Waals surface area contributed by atoms with Crippen LogP contribution in [0.2, 0.25) is 0 Å². The Hall–Kier alpha value is -2.74. The lowest BCUT2D eigenvalue weighted by molar-refractivity contribution is -0.113. The Bertz CT molecular complexity index is 917. The van der Waals surface area contributed by atoms with Crippen LogP contribution in [0.3, 0.4) is 0 Å². The minimum absolute atomic E-state index is 0.116. The molecular formula is C19H20N4O3S. The van der Waals surface area contributed by atoms with Gasteiger partial charge in [0.05, 0.1) is 12.0 Å². The summed E-state index contributed by atoms with van der Waals surface area (Å²) in [4.78, 5) is 14.6. The van der Waals surface area contributed by atoms with Crippen LogP contribution >= 0.6 is 11.8 Å². The van der Waals surface area contributed by atoms with Crippen LogP contribution in [0.25, 0.3) is 11.7 Å². The standard InChI is InChI=1S/C19H20N4O3S/c1-13-11-14(23-8-2-3-9-23)6-7-15(13)20-17(24)12-27-19-22-21-18(26-19)16-5-4-10-25-16/h4-7,10-11H,2-3,8-9,12H2,1H3,(H,20,24). The van der Waals surface area contributed by atoms with Crippen molar-refractivity contribution in [2.45, 2.75) is 25.0 Å². The predicted molar refractivity (Wildman–Crippen MR) is 104 cm³/mol. The molecule has 1 aromatic carbocycles. The molecule has 140 valence electrons. The molecule has 2 aromatic heterocycles. The highest BCUT2D eigenvalue weighted by molar-refractivity contribution is 7.99. The van der Waals surface area contributed by atoms with E-state index in [1.165, 1.54) is 36.6 Å². The van der Waals surface area contributed by atoms with Crippen molar-refractivity contribution in [1.82, 2.24) is 10.2 Å². The summed E-state index contributed by atoms with van der Waals surface area (Å²) in [6.45, 7) is 4.22. The van der Waals surface area contributed by atoms with Gasteiger partial charge in [0.25, 0.3) is 11.1 Å². The number of carbonyl (C=O) groups excluding carboxylic acids is 1. The highest BCUT2D eigenvalue weighted by Crippen LogP contribution is 2.26. The van der Waals surface area contributed by atoms with Gasteiger partial charge < -0.3 is 19.1 Å². The quantitative estimate of drug-likeness (QED) is 0.644. The molecule has 0 unspecified atom stereocenters. The van der Waals surface area contributed by atoms with E-state index in [-0.39, 0.29) is 11.7 Å². The Morgan fingerprint density at radius 3 is 2.85 bits per heavy atom. The second-order valence-corrected chi connectivity index (χ2v) is 7.31. The molecular weight excluding hydrogens is 364 g/mol. The molecule has 1 amide bonds. The van der Waals surface area contributed by atoms with Crippen molar-refractivity contribution >= 4 is 29.0 Å². The molecule has 4 rings (SSSR count). The van der Waals surface area contributed by atoms with E-state index in [9.17, 15) is 4.79 Å². The maximum Gasteiger partial charge on any atom is 0.284 e. The molecule has 0 atom stereocenters. The van der Waals surface area contributed by atoms with E-state index in [2.05, 4.69) is 32.5 Å². The molecule has 0 radical (unpaired) electrons. The third kappa shape index (κ3) is 4.16. The van der Waals surface area contributed by atoms with Gasteiger partial charge in [0.1, 0.15) is 0 Å². The fourth-order valence-corrected chi connectivity index (χ4v) is 3.60. The van der Waals surface area contributed by atoms with Crippen LogP contribution in [0.1, 0.15) is 18.4 Å². The van der Waals surface area contributed by atoms with Crippen LogP contribution in [-0.2, 0) is 4.79 Å². The van der Waals surface area contributed by atoms with Crippen molar-refractivity contribution in [2.24, 2.45) is 0 Å². The summed E-state index contributed by atoms with van der Waals surface area (Å²) in [6.07, 6.45) is 4.02. The van der Waals surface area contributed by atoms with Crippen molar-refractivity contribution in [2.75, 3.05) is 29.1 Å². The summed E-state index contributed by atoms with van der Waals surface area (Å²) in [7, 11) is 0. The van der Waals surface area contributed by atoms with E-state index in [1.807, 2.05) is 13.0 Å². The smallest absolute Gasteiger partial charge is 0.284 e. The summed E-state index contributed by atoms with van der Waals surface area (Å²) in [6, 6.07) is 9.64. The molecule has 7 nitrogen and oxygen atoms in total. The lowest BCUT2D eigenvalue weighted by atomic mass is 10.1. The Kier molecular flexibility index (Phi) is 5.15. The van der Waals surface area contributed by atoms with Crippen molar-refractivity contribution in [3.8, 4) is 11.7 Å². The van der Waals surface area contributed by atoms with E-state index < -0.39 is 0 Å². The molecule has 0 saturated carbocycles. The van der Waals surface area contributed by atoms with E-state index in [0.29, 0.717) is 16.9 Å². The summed E-state index contributed by atoms with van der Waals surface area (Å²) in [5, 5.41) is 11.1. The largest absolute Gasteiger partial charge is 0.459 e. The number of carbonyl (C=O) groups is 1. The monoisotopic (exact) mass is 384 g/mol. The Morgan fingerprint density at radius 2 is 2.11 bits per heavy atom. The van der Waals surface area contributed by atoms with E-state index in [1.54, 1.807) is 12.1 Å². The maximum absolute atomic E-state index is 12.3. The van der Waals surface area contributed by atoms with Crippen LogP contribution < -0.4 is 10.2 Å². The Morgan fingerprint density at radius 1 is 1.26 bits per heavy atom. The van der Waals surface area contributed by atoms with Gasteiger partial charge in [0.15, 0.2) is 5.76 Å². The van der Waals surface area contributed by atoms with Gasteiger partial charge in [0, 0.05) is 24.5 Å². The van der Waals surface area contributed by atoms with Crippen LogP contribution in [-0.4, -0.2) is 34.9 Å². The number of amides is 1. The highest BCUT2D eigenvalue weighted by atomic mass is 32.2. The molecule has 1 fully saturated rings. The van der Waals surface area contributed by atoms with Gasteiger partial charge in [-0.05, 0) is 55.7 Å². The van der Waals surface area contributed by atoms with Crippen LogP contribution in [0.4, 0.5) is 11.4 Å². The summed E-state index contributed by atoms with van der Waals surface area (Å²) < 4.78 is 10.7. The van der Waals surface area contributed by atoms with Crippen LogP contribution in [0, 0.1) is 6.92 Å². The normalized spacial score (nSPS) is 13.9. The average molecular weight is 384 g/mol. The van der Waals surface area contributed by atoms with E-state index in [4.69, 9.17) is 8.83 Å². The van der Waals surface area contributed by atoms with E-state index >= 15 is 0 Å². The molecule has 3 heterocycles. The van der Waals surface area contributed by atoms with Gasteiger partial charge in [-0.15, -0.1) is 10.2 Å².